The Bertz CT molecular complexity index is 1150. The molecule has 5 rings (SSSR count). The summed E-state index contributed by atoms with van der Waals surface area (Å²) in [6, 6.07) is 21.2. The van der Waals surface area contributed by atoms with Gasteiger partial charge in [-0.1, -0.05) is 42.5 Å². The molecule has 5 nitrogen and oxygen atoms in total. The summed E-state index contributed by atoms with van der Waals surface area (Å²) in [5.74, 6) is 0.878. The number of nitrogens with zero attached hydrogens (tertiary/aromatic N) is 4. The van der Waals surface area contributed by atoms with Gasteiger partial charge >= 0.3 is 0 Å². The molecule has 0 amide bonds. The molecule has 29 heavy (non-hydrogen) atoms. The van der Waals surface area contributed by atoms with Crippen LogP contribution in [0.15, 0.2) is 66.9 Å². The average molecular weight is 384 g/mol. The zero-order valence-corrected chi connectivity index (χ0v) is 16.5. The lowest BCUT2D eigenvalue weighted by Crippen LogP contribution is -2.35. The van der Waals surface area contributed by atoms with Gasteiger partial charge in [-0.15, -0.1) is 0 Å². The van der Waals surface area contributed by atoms with Crippen molar-refractivity contribution < 1.29 is 5.11 Å². The van der Waals surface area contributed by atoms with E-state index in [2.05, 4.69) is 64.5 Å². The fraction of sp³-hybridized carbons (Fsp3) is 0.250. The van der Waals surface area contributed by atoms with Gasteiger partial charge in [0.05, 0.1) is 5.69 Å². The number of rotatable bonds is 4. The van der Waals surface area contributed by atoms with E-state index >= 15 is 0 Å². The molecule has 0 fully saturated rings. The van der Waals surface area contributed by atoms with E-state index in [4.69, 9.17) is 0 Å². The van der Waals surface area contributed by atoms with Crippen molar-refractivity contribution in [1.82, 2.24) is 19.7 Å². The maximum atomic E-state index is 10.8. The summed E-state index contributed by atoms with van der Waals surface area (Å²) in [5, 5.41) is 17.9. The quantitative estimate of drug-likeness (QED) is 0.575. The minimum atomic E-state index is 0.225. The van der Waals surface area contributed by atoms with Crippen LogP contribution < -0.4 is 0 Å². The Hall–Kier alpha value is -3.18. The molecular weight excluding hydrogens is 360 g/mol. The van der Waals surface area contributed by atoms with Crippen molar-refractivity contribution in [3.8, 4) is 11.7 Å². The van der Waals surface area contributed by atoms with Crippen molar-refractivity contribution in [2.24, 2.45) is 0 Å². The molecule has 0 aliphatic heterocycles. The van der Waals surface area contributed by atoms with E-state index in [1.165, 1.54) is 16.3 Å². The molecule has 1 atom stereocenters. The van der Waals surface area contributed by atoms with Crippen molar-refractivity contribution in [2.75, 3.05) is 7.05 Å². The molecule has 1 unspecified atom stereocenters. The van der Waals surface area contributed by atoms with E-state index in [-0.39, 0.29) is 5.88 Å². The minimum absolute atomic E-state index is 0.225. The van der Waals surface area contributed by atoms with E-state index in [0.29, 0.717) is 11.9 Å². The molecule has 2 aromatic carbocycles. The van der Waals surface area contributed by atoms with Gasteiger partial charge < -0.3 is 5.11 Å². The molecule has 5 heteroatoms. The van der Waals surface area contributed by atoms with Gasteiger partial charge in [0.1, 0.15) is 0 Å². The minimum Gasteiger partial charge on any atom is -0.493 e. The number of hydrogen-bond acceptors (Lipinski definition) is 4. The lowest BCUT2D eigenvalue weighted by Gasteiger charge is -2.31. The first-order valence-corrected chi connectivity index (χ1v) is 10.1. The van der Waals surface area contributed by atoms with Crippen LogP contribution in [0.1, 0.15) is 23.2 Å². The van der Waals surface area contributed by atoms with Gasteiger partial charge in [-0.05, 0) is 60.8 Å². The number of pyridine rings is 1. The molecule has 1 aliphatic rings. The molecule has 2 aromatic heterocycles. The van der Waals surface area contributed by atoms with Crippen LogP contribution in [0.4, 0.5) is 0 Å². The van der Waals surface area contributed by atoms with Crippen LogP contribution in [0, 0.1) is 0 Å². The Balaban J connectivity index is 1.35. The largest absolute Gasteiger partial charge is 0.493 e. The van der Waals surface area contributed by atoms with Crippen LogP contribution >= 0.6 is 0 Å². The Morgan fingerprint density at radius 3 is 2.72 bits per heavy atom. The summed E-state index contributed by atoms with van der Waals surface area (Å²) in [4.78, 5) is 6.71. The van der Waals surface area contributed by atoms with Crippen LogP contribution in [-0.2, 0) is 19.4 Å². The lowest BCUT2D eigenvalue weighted by molar-refractivity contribution is 0.212. The third kappa shape index (κ3) is 3.38. The monoisotopic (exact) mass is 384 g/mol. The van der Waals surface area contributed by atoms with Crippen molar-refractivity contribution in [2.45, 2.75) is 31.8 Å². The number of benzene rings is 2. The topological polar surface area (TPSA) is 54.2 Å². The first-order chi connectivity index (χ1) is 14.2. The Kier molecular flexibility index (Phi) is 4.52. The molecule has 0 saturated heterocycles. The highest BCUT2D eigenvalue weighted by atomic mass is 16.3. The van der Waals surface area contributed by atoms with E-state index < -0.39 is 0 Å². The third-order valence-corrected chi connectivity index (χ3v) is 5.93. The molecular formula is C24H24N4O. The second-order valence-electron chi connectivity index (χ2n) is 7.84. The zero-order chi connectivity index (χ0) is 19.8. The summed E-state index contributed by atoms with van der Waals surface area (Å²) in [7, 11) is 2.17. The number of aromatic hydroxyl groups is 1. The number of hydrogen-bond donors (Lipinski definition) is 1. The molecule has 0 bridgehead atoms. The maximum Gasteiger partial charge on any atom is 0.219 e. The van der Waals surface area contributed by atoms with Crippen LogP contribution in [-0.4, -0.2) is 37.9 Å². The summed E-state index contributed by atoms with van der Waals surface area (Å²) in [5.41, 5.74) is 3.26. The second kappa shape index (κ2) is 7.33. The van der Waals surface area contributed by atoms with Gasteiger partial charge in [0.25, 0.3) is 0 Å². The predicted molar refractivity (Wildman–Crippen MR) is 114 cm³/mol. The van der Waals surface area contributed by atoms with Gasteiger partial charge in [-0.25, -0.2) is 4.98 Å². The molecule has 1 N–H and O–H groups in total. The van der Waals surface area contributed by atoms with Crippen molar-refractivity contribution in [3.63, 3.8) is 0 Å². The Morgan fingerprint density at radius 1 is 1.07 bits per heavy atom. The van der Waals surface area contributed by atoms with Crippen LogP contribution in [0.2, 0.25) is 0 Å². The number of fused-ring (bicyclic) bond motifs is 2. The number of aryl methyl sites for hydroxylation is 1. The van der Waals surface area contributed by atoms with E-state index in [1.807, 2.05) is 18.2 Å². The molecule has 1 aliphatic carbocycles. The van der Waals surface area contributed by atoms with E-state index in [0.717, 1.165) is 37.1 Å². The van der Waals surface area contributed by atoms with Gasteiger partial charge in [0.15, 0.2) is 5.82 Å². The van der Waals surface area contributed by atoms with Gasteiger partial charge in [-0.3, -0.25) is 4.90 Å². The van der Waals surface area contributed by atoms with Crippen LogP contribution in [0.25, 0.3) is 16.6 Å². The van der Waals surface area contributed by atoms with Crippen molar-refractivity contribution in [1.29, 1.82) is 0 Å². The summed E-state index contributed by atoms with van der Waals surface area (Å²) >= 11 is 0. The lowest BCUT2D eigenvalue weighted by atomic mass is 9.92. The van der Waals surface area contributed by atoms with Gasteiger partial charge in [0, 0.05) is 24.3 Å². The zero-order valence-electron chi connectivity index (χ0n) is 16.5. The standard InChI is InChI=1S/C24H24N4O/c1-27(16-17-9-10-18-6-2-3-7-19(18)14-17)20-11-12-22-21(15-20)24(29)28(26-22)23-8-4-5-13-25-23/h2-10,13-14,20,29H,11-12,15-16H2,1H3. The second-order valence-corrected chi connectivity index (χ2v) is 7.84. The summed E-state index contributed by atoms with van der Waals surface area (Å²) in [6.45, 7) is 0.889. The van der Waals surface area contributed by atoms with Crippen molar-refractivity contribution in [3.05, 3.63) is 83.7 Å². The van der Waals surface area contributed by atoms with Gasteiger partial charge in [0.2, 0.25) is 5.88 Å². The normalized spacial score (nSPS) is 16.3. The molecule has 146 valence electrons. The van der Waals surface area contributed by atoms with Crippen LogP contribution in [0.5, 0.6) is 5.88 Å². The predicted octanol–water partition coefficient (Wildman–Crippen LogP) is 4.12. The van der Waals surface area contributed by atoms with E-state index in [1.54, 1.807) is 10.9 Å². The Morgan fingerprint density at radius 2 is 1.90 bits per heavy atom. The fourth-order valence-electron chi connectivity index (χ4n) is 4.31. The highest BCUT2D eigenvalue weighted by Gasteiger charge is 2.28. The summed E-state index contributed by atoms with van der Waals surface area (Å²) < 4.78 is 1.57. The van der Waals surface area contributed by atoms with Crippen molar-refractivity contribution >= 4 is 10.8 Å². The highest BCUT2D eigenvalue weighted by Crippen LogP contribution is 2.32. The maximum absolute atomic E-state index is 10.8. The fourth-order valence-corrected chi connectivity index (χ4v) is 4.31. The number of aromatic nitrogens is 3. The SMILES string of the molecule is CN(Cc1ccc2ccccc2c1)C1CCc2nn(-c3ccccn3)c(O)c2C1. The Labute approximate surface area is 170 Å². The van der Waals surface area contributed by atoms with Crippen LogP contribution in [0.3, 0.4) is 0 Å². The molecule has 0 saturated carbocycles. The van der Waals surface area contributed by atoms with Gasteiger partial charge in [-0.2, -0.15) is 9.78 Å². The third-order valence-electron chi connectivity index (χ3n) is 5.93. The molecule has 4 aromatic rings. The average Bonchev–Trinajstić information content (AvgIpc) is 3.10. The van der Waals surface area contributed by atoms with E-state index in [9.17, 15) is 5.11 Å². The number of likely N-dealkylation sites (N-methyl/N-ethyl adjacent to an activating group) is 1. The molecule has 2 heterocycles. The molecule has 0 radical (unpaired) electrons. The first-order valence-electron chi connectivity index (χ1n) is 10.1. The highest BCUT2D eigenvalue weighted by molar-refractivity contribution is 5.82. The molecule has 0 spiro atoms. The summed E-state index contributed by atoms with van der Waals surface area (Å²) in [6.07, 6.45) is 4.43. The first kappa shape index (κ1) is 17.9. The smallest absolute Gasteiger partial charge is 0.219 e.